The van der Waals surface area contributed by atoms with Crippen molar-refractivity contribution in [3.63, 3.8) is 0 Å². The first-order valence-corrected chi connectivity index (χ1v) is 8.50. The second kappa shape index (κ2) is 6.81. The normalized spacial score (nSPS) is 18.0. The maximum atomic E-state index is 11.9. The van der Waals surface area contributed by atoms with E-state index in [1.54, 1.807) is 11.3 Å². The lowest BCUT2D eigenvalue weighted by molar-refractivity contribution is -0.115. The number of thiophene rings is 1. The smallest absolute Gasteiger partial charge is 0.264 e. The average molecular weight is 330 g/mol. The summed E-state index contributed by atoms with van der Waals surface area (Å²) in [6.45, 7) is 2.58. The molecule has 112 valence electrons. The molecule has 0 bridgehead atoms. The summed E-state index contributed by atoms with van der Waals surface area (Å²) < 4.78 is 5.39. The molecule has 1 aromatic carbocycles. The van der Waals surface area contributed by atoms with E-state index in [0.717, 1.165) is 16.3 Å². The van der Waals surface area contributed by atoms with Crippen LogP contribution in [0.3, 0.4) is 0 Å². The van der Waals surface area contributed by atoms with Crippen LogP contribution < -0.4 is 10.1 Å². The van der Waals surface area contributed by atoms with Crippen molar-refractivity contribution in [1.29, 1.82) is 0 Å². The van der Waals surface area contributed by atoms with Crippen LogP contribution in [0.25, 0.3) is 6.08 Å². The summed E-state index contributed by atoms with van der Waals surface area (Å²) in [5.74, 6) is 0.705. The van der Waals surface area contributed by atoms with Crippen molar-refractivity contribution in [2.24, 2.45) is 4.99 Å². The molecule has 4 nitrogen and oxygen atoms in total. The molecule has 22 heavy (non-hydrogen) atoms. The zero-order valence-corrected chi connectivity index (χ0v) is 13.5. The highest BCUT2D eigenvalue weighted by molar-refractivity contribution is 8.18. The van der Waals surface area contributed by atoms with Crippen LogP contribution in [0.15, 0.2) is 51.7 Å². The Morgan fingerprint density at radius 3 is 2.77 bits per heavy atom. The molecule has 1 N–H and O–H groups in total. The van der Waals surface area contributed by atoms with Crippen LogP contribution in [0.2, 0.25) is 0 Å². The van der Waals surface area contributed by atoms with Crippen molar-refractivity contribution in [3.05, 3.63) is 51.6 Å². The second-order valence-electron chi connectivity index (χ2n) is 4.42. The highest BCUT2D eigenvalue weighted by Gasteiger charge is 2.23. The highest BCUT2D eigenvalue weighted by Crippen LogP contribution is 2.29. The third kappa shape index (κ3) is 3.58. The van der Waals surface area contributed by atoms with Crippen LogP contribution in [-0.4, -0.2) is 17.7 Å². The molecule has 0 spiro atoms. The molecule has 0 saturated carbocycles. The Labute approximate surface area is 136 Å². The van der Waals surface area contributed by atoms with Gasteiger partial charge in [-0.25, -0.2) is 4.99 Å². The number of carbonyl (C=O) groups excluding carboxylic acids is 1. The molecule has 2 heterocycles. The van der Waals surface area contributed by atoms with E-state index in [1.807, 2.05) is 54.8 Å². The number of ether oxygens (including phenoxy) is 1. The largest absolute Gasteiger partial charge is 0.494 e. The van der Waals surface area contributed by atoms with Gasteiger partial charge in [0.05, 0.1) is 17.2 Å². The second-order valence-corrected chi connectivity index (χ2v) is 6.43. The topological polar surface area (TPSA) is 50.7 Å². The van der Waals surface area contributed by atoms with Crippen LogP contribution in [0.1, 0.15) is 11.8 Å². The quantitative estimate of drug-likeness (QED) is 0.861. The fourth-order valence-electron chi connectivity index (χ4n) is 1.88. The van der Waals surface area contributed by atoms with E-state index in [1.165, 1.54) is 11.8 Å². The number of benzene rings is 1. The van der Waals surface area contributed by atoms with E-state index in [2.05, 4.69) is 10.3 Å². The molecule has 2 aromatic rings. The van der Waals surface area contributed by atoms with Gasteiger partial charge in [-0.3, -0.25) is 4.79 Å². The summed E-state index contributed by atoms with van der Waals surface area (Å²) in [5, 5.41) is 5.36. The fourth-order valence-corrected chi connectivity index (χ4v) is 3.45. The zero-order chi connectivity index (χ0) is 15.4. The van der Waals surface area contributed by atoms with Crippen LogP contribution >= 0.6 is 23.1 Å². The third-order valence-electron chi connectivity index (χ3n) is 2.85. The van der Waals surface area contributed by atoms with Crippen molar-refractivity contribution < 1.29 is 9.53 Å². The maximum absolute atomic E-state index is 11.9. The molecule has 0 unspecified atom stereocenters. The Balaban J connectivity index is 1.74. The van der Waals surface area contributed by atoms with Crippen LogP contribution in [0.4, 0.5) is 5.69 Å². The number of nitrogens with zero attached hydrogens (tertiary/aromatic N) is 1. The van der Waals surface area contributed by atoms with Crippen molar-refractivity contribution in [1.82, 2.24) is 5.32 Å². The van der Waals surface area contributed by atoms with E-state index in [-0.39, 0.29) is 5.91 Å². The molecule has 0 atom stereocenters. The monoisotopic (exact) mass is 330 g/mol. The minimum absolute atomic E-state index is 0.108. The zero-order valence-electron chi connectivity index (χ0n) is 11.9. The Kier molecular flexibility index (Phi) is 4.60. The number of nitrogens with one attached hydrogen (secondary N) is 1. The van der Waals surface area contributed by atoms with Crippen LogP contribution in [0, 0.1) is 0 Å². The number of hydrogen-bond acceptors (Lipinski definition) is 5. The van der Waals surface area contributed by atoms with Gasteiger partial charge < -0.3 is 10.1 Å². The summed E-state index contributed by atoms with van der Waals surface area (Å²) in [4.78, 5) is 18.1. The molecule has 3 rings (SSSR count). The van der Waals surface area contributed by atoms with Crippen molar-refractivity contribution >= 4 is 45.9 Å². The van der Waals surface area contributed by atoms with Gasteiger partial charge in [-0.1, -0.05) is 6.07 Å². The minimum atomic E-state index is -0.108. The number of thioether (sulfide) groups is 1. The lowest BCUT2D eigenvalue weighted by Crippen LogP contribution is -2.19. The first kappa shape index (κ1) is 14.9. The number of aliphatic imine (C=N–C) groups is 1. The van der Waals surface area contributed by atoms with Crippen molar-refractivity contribution in [3.8, 4) is 5.75 Å². The van der Waals surface area contributed by atoms with Crippen LogP contribution in [-0.2, 0) is 4.79 Å². The summed E-state index contributed by atoms with van der Waals surface area (Å²) >= 11 is 2.95. The van der Waals surface area contributed by atoms with Gasteiger partial charge in [0, 0.05) is 4.88 Å². The number of rotatable bonds is 4. The lowest BCUT2D eigenvalue weighted by Gasteiger charge is -2.02. The Hall–Kier alpha value is -2.05. The van der Waals surface area contributed by atoms with E-state index in [0.29, 0.717) is 16.7 Å². The standard InChI is InChI=1S/C16H14N2O2S2/c1-2-20-12-7-5-11(6-8-12)17-16-18-15(19)14(22-16)10-13-4-3-9-21-13/h3-10H,2H2,1H3,(H,17,18,19)/b14-10-. The number of amidine groups is 1. The molecule has 1 fully saturated rings. The van der Waals surface area contributed by atoms with Gasteiger partial charge in [0.25, 0.3) is 5.91 Å². The molecule has 1 amide bonds. The summed E-state index contributed by atoms with van der Waals surface area (Å²) in [7, 11) is 0. The molecular weight excluding hydrogens is 316 g/mol. The maximum Gasteiger partial charge on any atom is 0.264 e. The van der Waals surface area contributed by atoms with Crippen molar-refractivity contribution in [2.75, 3.05) is 6.61 Å². The van der Waals surface area contributed by atoms with E-state index < -0.39 is 0 Å². The summed E-state index contributed by atoms with van der Waals surface area (Å²) in [6.07, 6.45) is 1.88. The molecule has 1 aliphatic rings. The molecule has 6 heteroatoms. The molecule has 0 aliphatic carbocycles. The molecule has 0 radical (unpaired) electrons. The van der Waals surface area contributed by atoms with Gasteiger partial charge in [-0.2, -0.15) is 0 Å². The average Bonchev–Trinajstić information content (AvgIpc) is 3.13. The predicted octanol–water partition coefficient (Wildman–Crippen LogP) is 4.04. The first-order chi connectivity index (χ1) is 10.7. The number of amides is 1. The molecular formula is C16H14N2O2S2. The van der Waals surface area contributed by atoms with Gasteiger partial charge in [0.1, 0.15) is 5.75 Å². The fraction of sp³-hybridized carbons (Fsp3) is 0.125. The SMILES string of the molecule is CCOc1ccc(N=C2NC(=O)/C(=C/c3cccs3)S2)cc1. The summed E-state index contributed by atoms with van der Waals surface area (Å²) in [6, 6.07) is 11.4. The van der Waals surface area contributed by atoms with Gasteiger partial charge >= 0.3 is 0 Å². The van der Waals surface area contributed by atoms with Gasteiger partial charge in [0.2, 0.25) is 0 Å². The Morgan fingerprint density at radius 2 is 2.09 bits per heavy atom. The molecule has 1 saturated heterocycles. The first-order valence-electron chi connectivity index (χ1n) is 6.80. The third-order valence-corrected chi connectivity index (χ3v) is 4.57. The number of hydrogen-bond donors (Lipinski definition) is 1. The van der Waals surface area contributed by atoms with E-state index in [9.17, 15) is 4.79 Å². The Bertz CT molecular complexity index is 719. The Morgan fingerprint density at radius 1 is 1.27 bits per heavy atom. The van der Waals surface area contributed by atoms with Crippen molar-refractivity contribution in [2.45, 2.75) is 6.92 Å². The van der Waals surface area contributed by atoms with Gasteiger partial charge in [-0.05, 0) is 60.5 Å². The molecule has 1 aromatic heterocycles. The predicted molar refractivity (Wildman–Crippen MR) is 92.7 cm³/mol. The van der Waals surface area contributed by atoms with E-state index in [4.69, 9.17) is 4.74 Å². The van der Waals surface area contributed by atoms with Gasteiger partial charge in [0.15, 0.2) is 5.17 Å². The number of carbonyl (C=O) groups is 1. The van der Waals surface area contributed by atoms with Crippen LogP contribution in [0.5, 0.6) is 5.75 Å². The lowest BCUT2D eigenvalue weighted by atomic mass is 10.3. The van der Waals surface area contributed by atoms with E-state index >= 15 is 0 Å². The minimum Gasteiger partial charge on any atom is -0.494 e. The summed E-state index contributed by atoms with van der Waals surface area (Å²) in [5.41, 5.74) is 0.781. The molecule has 1 aliphatic heterocycles. The highest BCUT2D eigenvalue weighted by atomic mass is 32.2. The van der Waals surface area contributed by atoms with Gasteiger partial charge in [-0.15, -0.1) is 11.3 Å².